The Morgan fingerprint density at radius 1 is 1.35 bits per heavy atom. The van der Waals surface area contributed by atoms with Crippen LogP contribution in [0.25, 0.3) is 0 Å². The smallest absolute Gasteiger partial charge is 0.311 e. The fourth-order valence-electron chi connectivity index (χ4n) is 1.40. The van der Waals surface area contributed by atoms with Crippen LogP contribution in [0.1, 0.15) is 25.8 Å². The van der Waals surface area contributed by atoms with E-state index in [0.29, 0.717) is 17.4 Å². The van der Waals surface area contributed by atoms with E-state index in [1.165, 1.54) is 5.56 Å². The van der Waals surface area contributed by atoms with Gasteiger partial charge in [-0.05, 0) is 45.1 Å². The van der Waals surface area contributed by atoms with Crippen molar-refractivity contribution in [2.45, 2.75) is 27.2 Å². The Hall–Kier alpha value is -1.95. The SMILES string of the molecule is CCOC(=O)C/C(C)=N/NC(=S)Nc1ccc(C)cc1. The molecule has 6 heteroatoms. The van der Waals surface area contributed by atoms with Crippen molar-refractivity contribution < 1.29 is 9.53 Å². The van der Waals surface area contributed by atoms with Crippen LogP contribution in [0.5, 0.6) is 0 Å². The van der Waals surface area contributed by atoms with Crippen molar-refractivity contribution in [2.75, 3.05) is 11.9 Å². The minimum absolute atomic E-state index is 0.147. The van der Waals surface area contributed by atoms with Gasteiger partial charge in [0, 0.05) is 11.4 Å². The van der Waals surface area contributed by atoms with Gasteiger partial charge in [-0.2, -0.15) is 5.10 Å². The van der Waals surface area contributed by atoms with Crippen LogP contribution in [0.4, 0.5) is 5.69 Å². The van der Waals surface area contributed by atoms with Crippen LogP contribution in [-0.4, -0.2) is 23.4 Å². The summed E-state index contributed by atoms with van der Waals surface area (Å²) in [5, 5.41) is 7.39. The summed E-state index contributed by atoms with van der Waals surface area (Å²) in [4.78, 5) is 11.2. The quantitative estimate of drug-likeness (QED) is 0.378. The van der Waals surface area contributed by atoms with Crippen molar-refractivity contribution in [3.8, 4) is 0 Å². The zero-order valence-electron chi connectivity index (χ0n) is 11.9. The molecule has 0 atom stereocenters. The highest BCUT2D eigenvalue weighted by molar-refractivity contribution is 7.80. The number of hydrogen-bond donors (Lipinski definition) is 2. The fourth-order valence-corrected chi connectivity index (χ4v) is 1.57. The molecule has 0 unspecified atom stereocenters. The van der Waals surface area contributed by atoms with Gasteiger partial charge < -0.3 is 10.1 Å². The molecular weight excluding hydrogens is 274 g/mol. The molecule has 0 spiro atoms. The number of ether oxygens (including phenoxy) is 1. The lowest BCUT2D eigenvalue weighted by Crippen LogP contribution is -2.25. The molecule has 0 heterocycles. The summed E-state index contributed by atoms with van der Waals surface area (Å²) < 4.78 is 4.83. The summed E-state index contributed by atoms with van der Waals surface area (Å²) in [5.74, 6) is -0.298. The number of carbonyl (C=O) groups excluding carboxylic acids is 1. The van der Waals surface area contributed by atoms with E-state index in [0.717, 1.165) is 5.69 Å². The number of anilines is 1. The highest BCUT2D eigenvalue weighted by Crippen LogP contribution is 2.08. The second-order valence-electron chi connectivity index (χ2n) is 4.26. The third-order valence-electron chi connectivity index (χ3n) is 2.36. The summed E-state index contributed by atoms with van der Waals surface area (Å²) in [5.41, 5.74) is 5.36. The molecule has 0 aromatic heterocycles. The monoisotopic (exact) mass is 293 g/mol. The van der Waals surface area contributed by atoms with Crippen LogP contribution in [0.2, 0.25) is 0 Å². The molecule has 0 aliphatic carbocycles. The Kier molecular flexibility index (Phi) is 6.66. The first-order valence-corrected chi connectivity index (χ1v) is 6.74. The van der Waals surface area contributed by atoms with Gasteiger partial charge in [-0.1, -0.05) is 17.7 Å². The number of benzene rings is 1. The van der Waals surface area contributed by atoms with E-state index in [-0.39, 0.29) is 12.4 Å². The molecule has 20 heavy (non-hydrogen) atoms. The summed E-state index contributed by atoms with van der Waals surface area (Å²) in [7, 11) is 0. The maximum atomic E-state index is 11.2. The molecule has 5 nitrogen and oxygen atoms in total. The van der Waals surface area contributed by atoms with Gasteiger partial charge in [0.1, 0.15) is 0 Å². The van der Waals surface area contributed by atoms with Crippen LogP contribution >= 0.6 is 12.2 Å². The van der Waals surface area contributed by atoms with E-state index < -0.39 is 0 Å². The normalized spacial score (nSPS) is 10.8. The highest BCUT2D eigenvalue weighted by atomic mass is 32.1. The van der Waals surface area contributed by atoms with Crippen LogP contribution in [0.15, 0.2) is 29.4 Å². The molecule has 0 aliphatic heterocycles. The van der Waals surface area contributed by atoms with Gasteiger partial charge in [0.2, 0.25) is 0 Å². The van der Waals surface area contributed by atoms with Crippen molar-refractivity contribution in [1.82, 2.24) is 5.43 Å². The number of aryl methyl sites for hydroxylation is 1. The van der Waals surface area contributed by atoms with E-state index in [9.17, 15) is 4.79 Å². The molecule has 1 rings (SSSR count). The molecule has 1 aromatic carbocycles. The van der Waals surface area contributed by atoms with Crippen LogP contribution < -0.4 is 10.7 Å². The van der Waals surface area contributed by atoms with Gasteiger partial charge >= 0.3 is 5.97 Å². The molecular formula is C14H19N3O2S. The minimum atomic E-state index is -0.298. The van der Waals surface area contributed by atoms with Crippen LogP contribution in [0.3, 0.4) is 0 Å². The zero-order chi connectivity index (χ0) is 15.0. The Labute approximate surface area is 124 Å². The summed E-state index contributed by atoms with van der Waals surface area (Å²) in [6, 6.07) is 7.83. The average molecular weight is 293 g/mol. The van der Waals surface area contributed by atoms with E-state index in [1.54, 1.807) is 13.8 Å². The largest absolute Gasteiger partial charge is 0.466 e. The lowest BCUT2D eigenvalue weighted by molar-refractivity contribution is -0.141. The second-order valence-corrected chi connectivity index (χ2v) is 4.67. The number of carbonyl (C=O) groups is 1. The molecule has 108 valence electrons. The number of thiocarbonyl (C=S) groups is 1. The first-order chi connectivity index (χ1) is 9.51. The Bertz CT molecular complexity index is 498. The third kappa shape index (κ3) is 6.29. The van der Waals surface area contributed by atoms with E-state index in [2.05, 4.69) is 15.8 Å². The first-order valence-electron chi connectivity index (χ1n) is 6.33. The van der Waals surface area contributed by atoms with E-state index in [4.69, 9.17) is 17.0 Å². The number of hydrazone groups is 1. The Balaban J connectivity index is 2.42. The summed E-state index contributed by atoms with van der Waals surface area (Å²) in [6.45, 7) is 5.89. The Morgan fingerprint density at radius 3 is 2.60 bits per heavy atom. The van der Waals surface area contributed by atoms with E-state index >= 15 is 0 Å². The molecule has 0 saturated carbocycles. The summed E-state index contributed by atoms with van der Waals surface area (Å²) in [6.07, 6.45) is 0.147. The number of rotatable bonds is 5. The molecule has 0 aliphatic rings. The molecule has 0 bridgehead atoms. The van der Waals surface area contributed by atoms with Crippen molar-refractivity contribution in [3.05, 3.63) is 29.8 Å². The molecule has 0 fully saturated rings. The maximum Gasteiger partial charge on any atom is 0.311 e. The van der Waals surface area contributed by atoms with Gasteiger partial charge in [-0.25, -0.2) is 0 Å². The molecule has 1 aromatic rings. The summed E-state index contributed by atoms with van der Waals surface area (Å²) >= 11 is 5.11. The van der Waals surface area contributed by atoms with Gasteiger partial charge in [0.25, 0.3) is 0 Å². The number of hydrogen-bond acceptors (Lipinski definition) is 4. The van der Waals surface area contributed by atoms with Crippen molar-refractivity contribution in [1.29, 1.82) is 0 Å². The second kappa shape index (κ2) is 8.27. The average Bonchev–Trinajstić information content (AvgIpc) is 2.39. The Morgan fingerprint density at radius 2 is 2.00 bits per heavy atom. The lowest BCUT2D eigenvalue weighted by atomic mass is 10.2. The van der Waals surface area contributed by atoms with Crippen LogP contribution in [-0.2, 0) is 9.53 Å². The molecule has 0 radical (unpaired) electrons. The third-order valence-corrected chi connectivity index (χ3v) is 2.56. The molecule has 2 N–H and O–H groups in total. The molecule has 0 saturated heterocycles. The van der Waals surface area contributed by atoms with Gasteiger partial charge in [0.05, 0.1) is 13.0 Å². The maximum absolute atomic E-state index is 11.2. The number of nitrogens with one attached hydrogen (secondary N) is 2. The highest BCUT2D eigenvalue weighted by Gasteiger charge is 2.04. The van der Waals surface area contributed by atoms with Crippen molar-refractivity contribution in [3.63, 3.8) is 0 Å². The van der Waals surface area contributed by atoms with E-state index in [1.807, 2.05) is 31.2 Å². The zero-order valence-corrected chi connectivity index (χ0v) is 12.7. The van der Waals surface area contributed by atoms with Crippen LogP contribution in [0, 0.1) is 6.92 Å². The number of esters is 1. The minimum Gasteiger partial charge on any atom is -0.466 e. The topological polar surface area (TPSA) is 62.7 Å². The number of nitrogens with zero attached hydrogens (tertiary/aromatic N) is 1. The standard InChI is InChI=1S/C14H19N3O2S/c1-4-19-13(18)9-11(3)16-17-14(20)15-12-7-5-10(2)6-8-12/h5-8H,4,9H2,1-3H3,(H2,15,17,20)/b16-11+. The molecule has 0 amide bonds. The lowest BCUT2D eigenvalue weighted by Gasteiger charge is -2.08. The first kappa shape index (κ1) is 16.1. The van der Waals surface area contributed by atoms with Crippen molar-refractivity contribution in [2.24, 2.45) is 5.10 Å². The van der Waals surface area contributed by atoms with Gasteiger partial charge in [-0.15, -0.1) is 0 Å². The van der Waals surface area contributed by atoms with Gasteiger partial charge in [-0.3, -0.25) is 10.2 Å². The fraction of sp³-hybridized carbons (Fsp3) is 0.357. The predicted molar refractivity (Wildman–Crippen MR) is 84.9 cm³/mol. The van der Waals surface area contributed by atoms with Crippen molar-refractivity contribution >= 4 is 34.7 Å². The predicted octanol–water partition coefficient (Wildman–Crippen LogP) is 2.61. The van der Waals surface area contributed by atoms with Gasteiger partial charge in [0.15, 0.2) is 5.11 Å².